The summed E-state index contributed by atoms with van der Waals surface area (Å²) in [4.78, 5) is 4.42. The van der Waals surface area contributed by atoms with E-state index in [0.29, 0.717) is 17.1 Å². The summed E-state index contributed by atoms with van der Waals surface area (Å²) >= 11 is 0. The Morgan fingerprint density at radius 1 is 1.25 bits per heavy atom. The molecule has 1 atom stereocenters. The Bertz CT molecular complexity index is 611. The van der Waals surface area contributed by atoms with Crippen LogP contribution in [-0.2, 0) is 6.42 Å². The lowest BCUT2D eigenvalue weighted by atomic mass is 10.1. The van der Waals surface area contributed by atoms with Crippen molar-refractivity contribution < 1.29 is 14.2 Å². The summed E-state index contributed by atoms with van der Waals surface area (Å²) in [6.07, 6.45) is -0.0634. The molecule has 1 aromatic carbocycles. The van der Waals surface area contributed by atoms with Crippen LogP contribution in [0.25, 0.3) is 0 Å². The Balaban J connectivity index is 2.39. The van der Waals surface area contributed by atoms with Crippen LogP contribution in [0.5, 0.6) is 11.5 Å². The number of aliphatic hydroxyl groups excluding tert-OH is 1. The van der Waals surface area contributed by atoms with Gasteiger partial charge in [-0.25, -0.2) is 4.39 Å². The monoisotopic (exact) mass is 275 g/mol. The number of pyridine rings is 1. The van der Waals surface area contributed by atoms with Gasteiger partial charge in [0.15, 0.2) is 0 Å². The van der Waals surface area contributed by atoms with Crippen LogP contribution in [0.4, 0.5) is 4.39 Å². The van der Waals surface area contributed by atoms with Crippen LogP contribution >= 0.6 is 0 Å². The van der Waals surface area contributed by atoms with E-state index < -0.39 is 11.9 Å². The molecular weight excluding hydrogens is 257 g/mol. The summed E-state index contributed by atoms with van der Waals surface area (Å²) in [7, 11) is 0. The molecule has 4 heteroatoms. The molecule has 1 heterocycles. The highest BCUT2D eigenvalue weighted by Gasteiger charge is 2.13. The van der Waals surface area contributed by atoms with Gasteiger partial charge < -0.3 is 9.84 Å². The highest BCUT2D eigenvalue weighted by atomic mass is 19.1. The fourth-order valence-electron chi connectivity index (χ4n) is 2.00. The predicted octanol–water partition coefficient (Wildman–Crippen LogP) is 3.94. The summed E-state index contributed by atoms with van der Waals surface area (Å²) in [5.74, 6) is 0.680. The van der Waals surface area contributed by atoms with E-state index in [-0.39, 0.29) is 0 Å². The molecule has 0 saturated carbocycles. The van der Waals surface area contributed by atoms with Crippen LogP contribution in [0.1, 0.15) is 36.9 Å². The molecule has 0 radical (unpaired) electrons. The van der Waals surface area contributed by atoms with Gasteiger partial charge in [-0.05, 0) is 50.6 Å². The maximum atomic E-state index is 13.3. The average molecular weight is 275 g/mol. The van der Waals surface area contributed by atoms with Gasteiger partial charge in [0.1, 0.15) is 17.3 Å². The van der Waals surface area contributed by atoms with Crippen LogP contribution in [0.3, 0.4) is 0 Å². The summed E-state index contributed by atoms with van der Waals surface area (Å²) in [5, 5.41) is 9.72. The predicted molar refractivity (Wildman–Crippen MR) is 75.5 cm³/mol. The maximum Gasteiger partial charge on any atom is 0.148 e. The van der Waals surface area contributed by atoms with E-state index in [0.717, 1.165) is 17.8 Å². The zero-order valence-corrected chi connectivity index (χ0v) is 11.9. The van der Waals surface area contributed by atoms with Crippen LogP contribution in [-0.4, -0.2) is 10.1 Å². The van der Waals surface area contributed by atoms with E-state index in [4.69, 9.17) is 4.74 Å². The highest BCUT2D eigenvalue weighted by molar-refractivity contribution is 5.41. The van der Waals surface area contributed by atoms with Gasteiger partial charge in [-0.3, -0.25) is 4.98 Å². The molecule has 3 nitrogen and oxygen atoms in total. The van der Waals surface area contributed by atoms with Crippen molar-refractivity contribution in [2.45, 2.75) is 33.3 Å². The first kappa shape index (κ1) is 14.5. The zero-order valence-electron chi connectivity index (χ0n) is 11.9. The number of rotatable bonds is 4. The van der Waals surface area contributed by atoms with Crippen molar-refractivity contribution in [1.29, 1.82) is 0 Å². The number of benzene rings is 1. The molecule has 0 spiro atoms. The zero-order chi connectivity index (χ0) is 14.7. The lowest BCUT2D eigenvalue weighted by molar-refractivity contribution is 0.195. The number of hydrogen-bond acceptors (Lipinski definition) is 3. The molecule has 20 heavy (non-hydrogen) atoms. The first-order valence-corrected chi connectivity index (χ1v) is 6.63. The molecule has 106 valence electrons. The van der Waals surface area contributed by atoms with Crippen molar-refractivity contribution >= 4 is 0 Å². The average Bonchev–Trinajstić information content (AvgIpc) is 2.42. The van der Waals surface area contributed by atoms with Gasteiger partial charge in [-0.2, -0.15) is 0 Å². The third-order valence-electron chi connectivity index (χ3n) is 3.05. The molecule has 0 aliphatic carbocycles. The molecule has 0 unspecified atom stereocenters. The van der Waals surface area contributed by atoms with E-state index in [1.54, 1.807) is 6.92 Å². The Labute approximate surface area is 118 Å². The second-order valence-corrected chi connectivity index (χ2v) is 4.71. The number of halogens is 1. The minimum atomic E-state index is -0.802. The first-order chi connectivity index (χ1) is 9.51. The van der Waals surface area contributed by atoms with Gasteiger partial charge in [-0.15, -0.1) is 0 Å². The van der Waals surface area contributed by atoms with Crippen LogP contribution in [0.15, 0.2) is 30.3 Å². The molecule has 0 fully saturated rings. The van der Waals surface area contributed by atoms with Gasteiger partial charge in [0.05, 0.1) is 11.8 Å². The van der Waals surface area contributed by atoms with Crippen molar-refractivity contribution in [3.05, 3.63) is 53.1 Å². The van der Waals surface area contributed by atoms with Gasteiger partial charge in [0, 0.05) is 11.3 Å². The SMILES string of the molecule is CCc1nc(C)ccc1Oc1ccc(F)cc1[C@H](C)O. The van der Waals surface area contributed by atoms with Gasteiger partial charge >= 0.3 is 0 Å². The van der Waals surface area contributed by atoms with Crippen molar-refractivity contribution in [2.24, 2.45) is 0 Å². The number of ether oxygens (including phenoxy) is 1. The highest BCUT2D eigenvalue weighted by Crippen LogP contribution is 2.31. The van der Waals surface area contributed by atoms with Crippen LogP contribution < -0.4 is 4.74 Å². The van der Waals surface area contributed by atoms with Crippen molar-refractivity contribution in [3.8, 4) is 11.5 Å². The third kappa shape index (κ3) is 3.14. The van der Waals surface area contributed by atoms with E-state index in [9.17, 15) is 9.50 Å². The standard InChI is InChI=1S/C16H18FNO2/c1-4-14-16(7-5-10(2)18-14)20-15-8-6-12(17)9-13(15)11(3)19/h5-9,11,19H,4H2,1-3H3/t11-/m0/s1. The van der Waals surface area contributed by atoms with E-state index >= 15 is 0 Å². The van der Waals surface area contributed by atoms with E-state index in [2.05, 4.69) is 4.98 Å². The summed E-state index contributed by atoms with van der Waals surface area (Å²) < 4.78 is 19.1. The number of aliphatic hydroxyl groups is 1. The number of nitrogens with zero attached hydrogens (tertiary/aromatic N) is 1. The molecule has 0 bridgehead atoms. The lowest BCUT2D eigenvalue weighted by Crippen LogP contribution is -2.00. The molecule has 1 aromatic heterocycles. The molecule has 2 aromatic rings. The molecule has 0 aliphatic rings. The normalized spacial score (nSPS) is 12.2. The van der Waals surface area contributed by atoms with Crippen molar-refractivity contribution in [1.82, 2.24) is 4.98 Å². The van der Waals surface area contributed by atoms with E-state index in [1.165, 1.54) is 18.2 Å². The first-order valence-electron chi connectivity index (χ1n) is 6.63. The molecule has 1 N–H and O–H groups in total. The van der Waals surface area contributed by atoms with Gasteiger partial charge in [0.2, 0.25) is 0 Å². The lowest BCUT2D eigenvalue weighted by Gasteiger charge is -2.15. The maximum absolute atomic E-state index is 13.3. The number of aryl methyl sites for hydroxylation is 2. The van der Waals surface area contributed by atoms with Crippen molar-refractivity contribution in [3.63, 3.8) is 0 Å². The molecule has 0 amide bonds. The van der Waals surface area contributed by atoms with Crippen LogP contribution in [0, 0.1) is 12.7 Å². The number of aromatic nitrogens is 1. The fraction of sp³-hybridized carbons (Fsp3) is 0.312. The minimum Gasteiger partial charge on any atom is -0.455 e. The Hall–Kier alpha value is -1.94. The molecule has 2 rings (SSSR count). The van der Waals surface area contributed by atoms with Gasteiger partial charge in [0.25, 0.3) is 0 Å². The molecule has 0 saturated heterocycles. The van der Waals surface area contributed by atoms with Gasteiger partial charge in [-0.1, -0.05) is 6.92 Å². The number of hydrogen-bond donors (Lipinski definition) is 1. The summed E-state index contributed by atoms with van der Waals surface area (Å²) in [5.41, 5.74) is 2.18. The second-order valence-electron chi connectivity index (χ2n) is 4.71. The Morgan fingerprint density at radius 2 is 1.95 bits per heavy atom. The third-order valence-corrected chi connectivity index (χ3v) is 3.05. The van der Waals surface area contributed by atoms with E-state index in [1.807, 2.05) is 26.0 Å². The Morgan fingerprint density at radius 3 is 2.60 bits per heavy atom. The fourth-order valence-corrected chi connectivity index (χ4v) is 2.00. The second kappa shape index (κ2) is 6.01. The quantitative estimate of drug-likeness (QED) is 0.919. The Kier molecular flexibility index (Phi) is 4.35. The largest absolute Gasteiger partial charge is 0.455 e. The molecule has 0 aliphatic heterocycles. The minimum absolute atomic E-state index is 0.397. The smallest absolute Gasteiger partial charge is 0.148 e. The molecular formula is C16H18FNO2. The van der Waals surface area contributed by atoms with Crippen LogP contribution in [0.2, 0.25) is 0 Å². The summed E-state index contributed by atoms with van der Waals surface area (Å²) in [6.45, 7) is 5.49. The summed E-state index contributed by atoms with van der Waals surface area (Å²) in [6, 6.07) is 7.83. The van der Waals surface area contributed by atoms with Crippen molar-refractivity contribution in [2.75, 3.05) is 0 Å². The topological polar surface area (TPSA) is 42.4 Å².